The van der Waals surface area contributed by atoms with Crippen LogP contribution in [0, 0.1) is 4.78 Å². The molecular weight excluding hydrogens is 486 g/mol. The summed E-state index contributed by atoms with van der Waals surface area (Å²) in [4.78, 5) is 49.2. The molecule has 1 fully saturated rings. The molecule has 36 heavy (non-hydrogen) atoms. The highest BCUT2D eigenvalue weighted by atomic mass is 32.2. The number of imidazole rings is 1. The second-order valence-corrected chi connectivity index (χ2v) is 11.0. The first-order chi connectivity index (χ1) is 17.1. The van der Waals surface area contributed by atoms with Gasteiger partial charge in [0.1, 0.15) is 20.8 Å². The Balaban J connectivity index is 1.98. The Bertz CT molecular complexity index is 1500. The van der Waals surface area contributed by atoms with E-state index >= 15 is 0 Å². The number of nitrogens with zero attached hydrogens (tertiary/aromatic N) is 5. The number of rotatable bonds is 7. The van der Waals surface area contributed by atoms with Crippen LogP contribution in [0.15, 0.2) is 40.3 Å². The van der Waals surface area contributed by atoms with Gasteiger partial charge >= 0.3 is 17.7 Å². The number of likely N-dealkylation sites (tertiary alicyclic amines) is 1. The van der Waals surface area contributed by atoms with Crippen molar-refractivity contribution >= 4 is 38.7 Å². The number of aromatic nitrogens is 4. The number of carboxylic acids is 1. The normalized spacial score (nSPS) is 19.4. The van der Waals surface area contributed by atoms with Gasteiger partial charge < -0.3 is 15.7 Å². The molecule has 0 spiro atoms. The van der Waals surface area contributed by atoms with Gasteiger partial charge in [0.25, 0.3) is 0 Å². The quantitative estimate of drug-likeness (QED) is 0.401. The Kier molecular flexibility index (Phi) is 6.60. The number of nitrogens with two attached hydrogens (primary N) is 1. The average Bonchev–Trinajstić information content (AvgIpc) is 3.40. The van der Waals surface area contributed by atoms with Gasteiger partial charge in [0, 0.05) is 12.3 Å². The SMILES string of the molecule is CCCS(=N)(=O)c1nc(N)c2c(n1)n(Cc1ccccc1)c(=O)n2C(=O)N1CCCC1(CC)C(=O)O. The molecule has 0 aliphatic carbocycles. The maximum absolute atomic E-state index is 13.8. The summed E-state index contributed by atoms with van der Waals surface area (Å²) in [5.41, 5.74) is 4.59. The van der Waals surface area contributed by atoms with Crippen LogP contribution in [0.2, 0.25) is 0 Å². The van der Waals surface area contributed by atoms with E-state index in [1.807, 2.05) is 6.07 Å². The molecule has 1 amide bonds. The minimum atomic E-state index is -3.39. The predicted molar refractivity (Wildman–Crippen MR) is 133 cm³/mol. The summed E-state index contributed by atoms with van der Waals surface area (Å²) in [6.07, 6.45) is 1.34. The second-order valence-electron chi connectivity index (χ2n) is 8.86. The molecule has 4 rings (SSSR count). The zero-order chi connectivity index (χ0) is 26.3. The Hall–Kier alpha value is -3.74. The first kappa shape index (κ1) is 25.4. The number of nitrogen functional groups attached to an aromatic ring is 1. The standard InChI is InChI=1S/C23H29N7O5S/c1-3-13-36(25,35)20-26-17(24)16-18(27-20)28(14-15-9-6-5-7-10-15)21(33)30(16)22(34)29-12-8-11-23(29,4-2)19(31)32/h5-7,9-10,25H,3-4,8,11-14H2,1-2H3,(H,31,32)(H2,24,26,27). The lowest BCUT2D eigenvalue weighted by atomic mass is 9.93. The van der Waals surface area contributed by atoms with Gasteiger partial charge in [0.15, 0.2) is 11.5 Å². The third-order valence-corrected chi connectivity index (χ3v) is 8.39. The minimum Gasteiger partial charge on any atom is -0.479 e. The number of hydrogen-bond donors (Lipinski definition) is 3. The molecule has 4 N–H and O–H groups in total. The zero-order valence-corrected chi connectivity index (χ0v) is 21.0. The lowest BCUT2D eigenvalue weighted by Gasteiger charge is -2.33. The molecule has 2 unspecified atom stereocenters. The van der Waals surface area contributed by atoms with Crippen LogP contribution in [0.4, 0.5) is 10.6 Å². The smallest absolute Gasteiger partial charge is 0.339 e. The Morgan fingerprint density at radius 2 is 1.92 bits per heavy atom. The molecule has 3 heterocycles. The van der Waals surface area contributed by atoms with Crippen LogP contribution in [-0.2, 0) is 21.1 Å². The van der Waals surface area contributed by atoms with E-state index < -0.39 is 33.0 Å². The summed E-state index contributed by atoms with van der Waals surface area (Å²) in [5, 5.41) is 9.65. The van der Waals surface area contributed by atoms with E-state index in [1.54, 1.807) is 38.1 Å². The molecule has 0 radical (unpaired) electrons. The van der Waals surface area contributed by atoms with Crippen LogP contribution in [-0.4, -0.2) is 63.2 Å². The van der Waals surface area contributed by atoms with Crippen molar-refractivity contribution in [3.8, 4) is 0 Å². The molecule has 0 bridgehead atoms. The Morgan fingerprint density at radius 1 is 1.22 bits per heavy atom. The molecule has 1 aliphatic rings. The van der Waals surface area contributed by atoms with Crippen LogP contribution in [0.3, 0.4) is 0 Å². The van der Waals surface area contributed by atoms with Crippen LogP contribution < -0.4 is 11.4 Å². The van der Waals surface area contributed by atoms with Crippen molar-refractivity contribution in [3.05, 3.63) is 46.4 Å². The van der Waals surface area contributed by atoms with E-state index in [2.05, 4.69) is 9.97 Å². The summed E-state index contributed by atoms with van der Waals surface area (Å²) in [6.45, 7) is 3.64. The Morgan fingerprint density at radius 3 is 2.53 bits per heavy atom. The Labute approximate surface area is 207 Å². The molecule has 1 aromatic carbocycles. The topological polar surface area (TPSA) is 177 Å². The van der Waals surface area contributed by atoms with Crippen molar-refractivity contribution in [2.45, 2.75) is 56.8 Å². The summed E-state index contributed by atoms with van der Waals surface area (Å²) in [6, 6.07) is 8.16. The van der Waals surface area contributed by atoms with Gasteiger partial charge in [0.2, 0.25) is 5.16 Å². The fourth-order valence-corrected chi connectivity index (χ4v) is 6.02. The molecule has 2 atom stereocenters. The fraction of sp³-hybridized carbons (Fsp3) is 0.435. The van der Waals surface area contributed by atoms with E-state index in [1.165, 1.54) is 9.47 Å². The maximum atomic E-state index is 13.8. The lowest BCUT2D eigenvalue weighted by molar-refractivity contribution is -0.148. The van der Waals surface area contributed by atoms with Crippen LogP contribution in [0.5, 0.6) is 0 Å². The van der Waals surface area contributed by atoms with Gasteiger partial charge in [-0.25, -0.2) is 32.9 Å². The van der Waals surface area contributed by atoms with Crippen molar-refractivity contribution in [3.63, 3.8) is 0 Å². The molecular formula is C23H29N7O5S. The van der Waals surface area contributed by atoms with Crippen molar-refractivity contribution in [2.24, 2.45) is 0 Å². The largest absolute Gasteiger partial charge is 0.479 e. The molecule has 0 saturated carbocycles. The number of carbonyl (C=O) groups is 2. The van der Waals surface area contributed by atoms with Crippen LogP contribution in [0.25, 0.3) is 11.2 Å². The molecule has 2 aromatic heterocycles. The summed E-state index contributed by atoms with van der Waals surface area (Å²) >= 11 is 0. The molecule has 1 aliphatic heterocycles. The van der Waals surface area contributed by atoms with Gasteiger partial charge in [-0.1, -0.05) is 44.2 Å². The third kappa shape index (κ3) is 4.02. The van der Waals surface area contributed by atoms with Crippen molar-refractivity contribution in [1.82, 2.24) is 24.0 Å². The predicted octanol–water partition coefficient (Wildman–Crippen LogP) is 2.34. The van der Waals surface area contributed by atoms with Crippen molar-refractivity contribution in [1.29, 1.82) is 4.78 Å². The van der Waals surface area contributed by atoms with Gasteiger partial charge in [-0.2, -0.15) is 4.98 Å². The fourth-order valence-electron chi connectivity index (χ4n) is 4.78. The number of carbonyl (C=O) groups excluding carboxylic acids is 1. The van der Waals surface area contributed by atoms with Crippen molar-refractivity contribution < 1.29 is 18.9 Å². The van der Waals surface area contributed by atoms with E-state index in [4.69, 9.17) is 10.5 Å². The zero-order valence-electron chi connectivity index (χ0n) is 20.1. The third-order valence-electron chi connectivity index (χ3n) is 6.64. The molecule has 192 valence electrons. The number of anilines is 1. The molecule has 12 nitrogen and oxygen atoms in total. The van der Waals surface area contributed by atoms with Gasteiger partial charge in [-0.05, 0) is 31.2 Å². The second kappa shape index (κ2) is 9.37. The van der Waals surface area contributed by atoms with Gasteiger partial charge in [-0.3, -0.25) is 4.57 Å². The first-order valence-corrected chi connectivity index (χ1v) is 13.4. The van der Waals surface area contributed by atoms with Gasteiger partial charge in [0.05, 0.1) is 6.54 Å². The highest BCUT2D eigenvalue weighted by Gasteiger charge is 2.49. The van der Waals surface area contributed by atoms with E-state index in [0.29, 0.717) is 12.8 Å². The van der Waals surface area contributed by atoms with E-state index in [-0.39, 0.29) is 53.8 Å². The average molecular weight is 516 g/mol. The number of hydrogen-bond acceptors (Lipinski definition) is 8. The highest BCUT2D eigenvalue weighted by Crippen LogP contribution is 2.34. The lowest BCUT2D eigenvalue weighted by Crippen LogP contribution is -2.55. The van der Waals surface area contributed by atoms with Crippen molar-refractivity contribution in [2.75, 3.05) is 18.0 Å². The van der Waals surface area contributed by atoms with E-state index in [0.717, 1.165) is 10.1 Å². The van der Waals surface area contributed by atoms with Crippen LogP contribution in [0.1, 0.15) is 45.1 Å². The van der Waals surface area contributed by atoms with E-state index in [9.17, 15) is 23.7 Å². The summed E-state index contributed by atoms with van der Waals surface area (Å²) in [5.74, 6) is -1.41. The number of fused-ring (bicyclic) bond motifs is 1. The number of amides is 1. The maximum Gasteiger partial charge on any atom is 0.339 e. The highest BCUT2D eigenvalue weighted by molar-refractivity contribution is 7.92. The molecule has 3 aromatic rings. The monoisotopic (exact) mass is 515 g/mol. The number of carboxylic acid groups (broad SMARTS) is 1. The minimum absolute atomic E-state index is 0.00587. The number of benzene rings is 1. The van der Waals surface area contributed by atoms with Crippen LogP contribution >= 0.6 is 0 Å². The van der Waals surface area contributed by atoms with Gasteiger partial charge in [-0.15, -0.1) is 0 Å². The number of nitrogens with one attached hydrogen (secondary N) is 1. The first-order valence-electron chi connectivity index (χ1n) is 11.7. The molecule has 1 saturated heterocycles. The number of aliphatic carboxylic acids is 1. The summed E-state index contributed by atoms with van der Waals surface area (Å²) in [7, 11) is -3.39. The summed E-state index contributed by atoms with van der Waals surface area (Å²) < 4.78 is 23.2. The molecule has 13 heteroatoms.